The normalized spacial score (nSPS) is 33.5. The van der Waals surface area contributed by atoms with E-state index in [1.165, 1.54) is 16.7 Å². The zero-order valence-electron chi connectivity index (χ0n) is 19.0. The quantitative estimate of drug-likeness (QED) is 0.267. The van der Waals surface area contributed by atoms with Crippen LogP contribution in [-0.2, 0) is 4.79 Å². The number of aromatic hydroxyl groups is 1. The van der Waals surface area contributed by atoms with E-state index in [9.17, 15) is 15.0 Å². The minimum absolute atomic E-state index is 0.106. The lowest BCUT2D eigenvalue weighted by atomic mass is 9.52. The van der Waals surface area contributed by atoms with Gasteiger partial charge in [0.05, 0.1) is 5.60 Å². The molecule has 4 rings (SSSR count). The molecule has 32 heavy (non-hydrogen) atoms. The highest BCUT2D eigenvalue weighted by Gasteiger charge is 2.61. The Morgan fingerprint density at radius 3 is 2.75 bits per heavy atom. The summed E-state index contributed by atoms with van der Waals surface area (Å²) in [6.45, 7) is 2.31. The molecule has 0 heterocycles. The summed E-state index contributed by atoms with van der Waals surface area (Å²) in [5, 5.41) is 21.7. The molecule has 0 radical (unpaired) electrons. The highest BCUT2D eigenvalue weighted by atomic mass is 127. The number of benzene rings is 1. The van der Waals surface area contributed by atoms with Gasteiger partial charge in [-0.05, 0) is 96.1 Å². The van der Waals surface area contributed by atoms with Gasteiger partial charge >= 0.3 is 0 Å². The van der Waals surface area contributed by atoms with Crippen LogP contribution in [0.3, 0.4) is 0 Å². The van der Waals surface area contributed by atoms with Gasteiger partial charge in [0.15, 0.2) is 0 Å². The van der Waals surface area contributed by atoms with Crippen molar-refractivity contribution in [1.82, 2.24) is 0 Å². The maximum Gasteiger partial charge on any atom is 0.217 e. The molecule has 1 aromatic carbocycles. The molecule has 0 spiro atoms. The lowest BCUT2D eigenvalue weighted by Crippen LogP contribution is -2.49. The number of phenols is 1. The number of hydrogen-bond acceptors (Lipinski definition) is 3. The van der Waals surface area contributed by atoms with Crippen molar-refractivity contribution >= 4 is 34.6 Å². The van der Waals surface area contributed by atoms with Crippen molar-refractivity contribution in [1.29, 1.82) is 0 Å². The maximum absolute atomic E-state index is 11.6. The summed E-state index contributed by atoms with van der Waals surface area (Å²) in [5.74, 6) is 1.49. The number of aliphatic hydroxyl groups is 1. The Kier molecular flexibility index (Phi) is 7.06. The van der Waals surface area contributed by atoms with Gasteiger partial charge in [0.25, 0.3) is 0 Å². The highest BCUT2D eigenvalue weighted by Crippen LogP contribution is 2.65. The van der Waals surface area contributed by atoms with Crippen molar-refractivity contribution in [2.24, 2.45) is 23.0 Å². The number of halogens is 1. The molecule has 5 heteroatoms. The Labute approximate surface area is 205 Å². The molecule has 0 aliphatic heterocycles. The molecular weight excluding hydrogens is 513 g/mol. The fraction of sp³-hybridized carbons (Fsp3) is 0.593. The molecule has 0 aromatic heterocycles. The first-order valence-electron chi connectivity index (χ1n) is 12.1. The molecule has 4 N–H and O–H groups in total. The fourth-order valence-corrected chi connectivity index (χ4v) is 7.57. The van der Waals surface area contributed by atoms with E-state index in [1.54, 1.807) is 0 Å². The van der Waals surface area contributed by atoms with E-state index in [4.69, 9.17) is 5.73 Å². The Bertz CT molecular complexity index is 925. The van der Waals surface area contributed by atoms with Gasteiger partial charge in [0.1, 0.15) is 5.75 Å². The van der Waals surface area contributed by atoms with E-state index >= 15 is 0 Å². The number of primary amides is 1. The maximum atomic E-state index is 11.6. The van der Waals surface area contributed by atoms with Crippen LogP contribution in [0.5, 0.6) is 5.75 Å². The number of carbonyl (C=O) groups is 1. The number of unbranched alkanes of at least 4 members (excludes halogenated alkanes) is 3. The lowest BCUT2D eigenvalue weighted by molar-refractivity contribution is -0.118. The molecular formula is C27H36INO3. The Balaban J connectivity index is 1.59. The Morgan fingerprint density at radius 2 is 2.00 bits per heavy atom. The van der Waals surface area contributed by atoms with Crippen LogP contribution >= 0.6 is 22.6 Å². The Morgan fingerprint density at radius 1 is 1.22 bits per heavy atom. The van der Waals surface area contributed by atoms with Crippen molar-refractivity contribution in [3.05, 3.63) is 45.1 Å². The highest BCUT2D eigenvalue weighted by molar-refractivity contribution is 14.1. The number of fused-ring (bicyclic) bond motifs is 5. The average molecular weight is 549 g/mol. The molecule has 5 atom stereocenters. The van der Waals surface area contributed by atoms with Crippen LogP contribution in [0.25, 0.3) is 6.08 Å². The minimum Gasteiger partial charge on any atom is -0.508 e. The molecule has 4 nitrogen and oxygen atoms in total. The van der Waals surface area contributed by atoms with Gasteiger partial charge in [-0.1, -0.05) is 60.1 Å². The van der Waals surface area contributed by atoms with Crippen LogP contribution in [0.4, 0.5) is 0 Å². The van der Waals surface area contributed by atoms with Crippen molar-refractivity contribution in [3.63, 3.8) is 0 Å². The summed E-state index contributed by atoms with van der Waals surface area (Å²) < 4.78 is 1.99. The van der Waals surface area contributed by atoms with Crippen molar-refractivity contribution in [2.75, 3.05) is 0 Å². The van der Waals surface area contributed by atoms with Crippen LogP contribution in [0, 0.1) is 17.3 Å². The van der Waals surface area contributed by atoms with Crippen LogP contribution in [-0.4, -0.2) is 21.7 Å². The molecule has 0 saturated heterocycles. The summed E-state index contributed by atoms with van der Waals surface area (Å²) in [6, 6.07) is 5.86. The van der Waals surface area contributed by atoms with Gasteiger partial charge in [-0.25, -0.2) is 0 Å². The number of hydrogen-bond donors (Lipinski definition) is 3. The number of nitrogens with two attached hydrogens (primary N) is 1. The Hall–Kier alpha value is -1.34. The third-order valence-electron chi connectivity index (χ3n) is 8.70. The summed E-state index contributed by atoms with van der Waals surface area (Å²) >= 11 is 2.23. The molecule has 2 saturated carbocycles. The number of carbonyl (C=O) groups excluding carboxylic acids is 1. The monoisotopic (exact) mass is 549 g/mol. The largest absolute Gasteiger partial charge is 0.508 e. The number of rotatable bonds is 8. The number of phenolic OH excluding ortho intramolecular Hbond substituents is 1. The summed E-state index contributed by atoms with van der Waals surface area (Å²) in [6.07, 6.45) is 14.0. The van der Waals surface area contributed by atoms with Gasteiger partial charge in [-0.15, -0.1) is 0 Å². The van der Waals surface area contributed by atoms with Gasteiger partial charge in [-0.3, -0.25) is 4.79 Å². The van der Waals surface area contributed by atoms with Crippen LogP contribution in [0.2, 0.25) is 0 Å². The SMILES string of the molecule is C[C@]12CC[C@@H]3c4ccc(O)cc4C=C(CCCCCCC(N)=O)[C@H]3[C@@H]1CC[C@@]2(O)/C=C/I. The van der Waals surface area contributed by atoms with Crippen molar-refractivity contribution in [3.8, 4) is 5.75 Å². The molecule has 2 fully saturated rings. The van der Waals surface area contributed by atoms with Crippen molar-refractivity contribution < 1.29 is 15.0 Å². The molecule has 0 bridgehead atoms. The van der Waals surface area contributed by atoms with Crippen molar-refractivity contribution in [2.45, 2.75) is 82.7 Å². The van der Waals surface area contributed by atoms with Crippen LogP contribution in [0.1, 0.15) is 88.2 Å². The van der Waals surface area contributed by atoms with Gasteiger partial charge in [-0.2, -0.15) is 0 Å². The average Bonchev–Trinajstić information content (AvgIpc) is 3.00. The number of amides is 1. The molecule has 1 amide bonds. The second-order valence-corrected chi connectivity index (χ2v) is 11.1. The van der Waals surface area contributed by atoms with Crippen LogP contribution in [0.15, 0.2) is 33.9 Å². The zero-order valence-corrected chi connectivity index (χ0v) is 21.2. The van der Waals surface area contributed by atoms with E-state index in [2.05, 4.69) is 41.7 Å². The summed E-state index contributed by atoms with van der Waals surface area (Å²) in [4.78, 5) is 11.0. The second kappa shape index (κ2) is 9.49. The molecule has 3 aliphatic carbocycles. The van der Waals surface area contributed by atoms with E-state index in [0.29, 0.717) is 29.9 Å². The first kappa shape index (κ1) is 23.8. The van der Waals surface area contributed by atoms with E-state index in [-0.39, 0.29) is 11.3 Å². The predicted molar refractivity (Wildman–Crippen MR) is 137 cm³/mol. The van der Waals surface area contributed by atoms with E-state index < -0.39 is 5.60 Å². The topological polar surface area (TPSA) is 83.5 Å². The zero-order chi connectivity index (χ0) is 22.9. The summed E-state index contributed by atoms with van der Waals surface area (Å²) in [7, 11) is 0. The molecule has 174 valence electrons. The van der Waals surface area contributed by atoms with Crippen LogP contribution < -0.4 is 5.73 Å². The predicted octanol–water partition coefficient (Wildman–Crippen LogP) is 6.20. The second-order valence-electron chi connectivity index (χ2n) is 10.4. The fourth-order valence-electron chi connectivity index (χ4n) is 6.98. The molecule has 3 aliphatic rings. The first-order chi connectivity index (χ1) is 15.3. The molecule has 1 aromatic rings. The summed E-state index contributed by atoms with van der Waals surface area (Å²) in [5.41, 5.74) is 8.45. The standard InChI is InChI=1S/C27H36INO3/c1-26-12-10-22-21-9-8-20(30)17-19(21)16-18(6-4-2-3-5-7-24(29)31)25(22)23(26)11-13-27(26,32)14-15-28/h8-9,14-17,22-23,25,30,32H,2-7,10-13H2,1H3,(H2,29,31)/b15-14+/t22-,23+,25-,26+,27-/m1/s1. The first-order valence-corrected chi connectivity index (χ1v) is 13.4. The van der Waals surface area contributed by atoms with Gasteiger partial charge in [0, 0.05) is 11.8 Å². The number of allylic oxidation sites excluding steroid dienone is 1. The molecule has 0 unspecified atom stereocenters. The third kappa shape index (κ3) is 4.27. The van der Waals surface area contributed by atoms with E-state index in [0.717, 1.165) is 57.8 Å². The lowest BCUT2D eigenvalue weighted by Gasteiger charge is -2.53. The van der Waals surface area contributed by atoms with E-state index in [1.807, 2.05) is 22.3 Å². The van der Waals surface area contributed by atoms with Gasteiger partial charge < -0.3 is 15.9 Å². The smallest absolute Gasteiger partial charge is 0.217 e. The van der Waals surface area contributed by atoms with Gasteiger partial charge in [0.2, 0.25) is 5.91 Å². The third-order valence-corrected chi connectivity index (χ3v) is 9.06. The minimum atomic E-state index is -0.723.